The van der Waals surface area contributed by atoms with Gasteiger partial charge in [-0.15, -0.1) is 0 Å². The summed E-state index contributed by atoms with van der Waals surface area (Å²) in [5, 5.41) is 2.73. The number of nitrogens with two attached hydrogens (primary N) is 1. The molecule has 0 heterocycles. The van der Waals surface area contributed by atoms with Gasteiger partial charge >= 0.3 is 0 Å². The molecule has 3 nitrogen and oxygen atoms in total. The largest absolute Gasteiger partial charge is 0.399 e. The van der Waals surface area contributed by atoms with Gasteiger partial charge in [0.2, 0.25) is 0 Å². The van der Waals surface area contributed by atoms with Crippen molar-refractivity contribution in [1.29, 1.82) is 0 Å². The first-order valence-electron chi connectivity index (χ1n) is 5.41. The van der Waals surface area contributed by atoms with Gasteiger partial charge in [-0.2, -0.15) is 0 Å². The van der Waals surface area contributed by atoms with Crippen LogP contribution in [0.3, 0.4) is 0 Å². The highest BCUT2D eigenvalue weighted by Crippen LogP contribution is 2.36. The average Bonchev–Trinajstić information content (AvgIpc) is 2.91. The second-order valence-electron chi connectivity index (χ2n) is 4.42. The SMILES string of the molecule is CC1CC1CNC(=O)c1ccc(N)cc1F. The number of nitrogens with one attached hydrogen (secondary N) is 1. The molecule has 2 atom stereocenters. The monoisotopic (exact) mass is 222 g/mol. The molecule has 1 aliphatic carbocycles. The molecule has 1 fully saturated rings. The van der Waals surface area contributed by atoms with E-state index in [1.807, 2.05) is 0 Å². The lowest BCUT2D eigenvalue weighted by Gasteiger charge is -2.05. The molecule has 0 radical (unpaired) electrons. The van der Waals surface area contributed by atoms with Gasteiger partial charge in [0.1, 0.15) is 5.82 Å². The quantitative estimate of drug-likeness (QED) is 0.766. The maximum Gasteiger partial charge on any atom is 0.254 e. The number of amides is 1. The highest BCUT2D eigenvalue weighted by molar-refractivity contribution is 5.94. The summed E-state index contributed by atoms with van der Waals surface area (Å²) >= 11 is 0. The van der Waals surface area contributed by atoms with Crippen molar-refractivity contribution < 1.29 is 9.18 Å². The smallest absolute Gasteiger partial charge is 0.254 e. The normalized spacial score (nSPS) is 22.9. The number of rotatable bonds is 3. The number of hydrogen-bond donors (Lipinski definition) is 2. The standard InChI is InChI=1S/C12H15FN2O/c1-7-4-8(7)6-15-12(16)10-3-2-9(14)5-11(10)13/h2-3,5,7-8H,4,6,14H2,1H3,(H,15,16). The van der Waals surface area contributed by atoms with Crippen LogP contribution in [0, 0.1) is 17.7 Å². The molecule has 16 heavy (non-hydrogen) atoms. The summed E-state index contributed by atoms with van der Waals surface area (Å²) in [6, 6.07) is 4.10. The fourth-order valence-corrected chi connectivity index (χ4v) is 1.72. The Bertz CT molecular complexity index is 419. The summed E-state index contributed by atoms with van der Waals surface area (Å²) in [4.78, 5) is 11.6. The van der Waals surface area contributed by atoms with E-state index >= 15 is 0 Å². The number of benzene rings is 1. The zero-order valence-electron chi connectivity index (χ0n) is 9.16. The molecule has 1 aliphatic rings. The number of carbonyl (C=O) groups excluding carboxylic acids is 1. The Kier molecular flexibility index (Phi) is 2.81. The first kappa shape index (κ1) is 10.9. The van der Waals surface area contributed by atoms with Crippen LogP contribution in [0.25, 0.3) is 0 Å². The van der Waals surface area contributed by atoms with E-state index in [1.165, 1.54) is 12.1 Å². The number of nitrogen functional groups attached to an aromatic ring is 1. The minimum Gasteiger partial charge on any atom is -0.399 e. The third kappa shape index (κ3) is 2.32. The van der Waals surface area contributed by atoms with Crippen molar-refractivity contribution in [3.8, 4) is 0 Å². The molecule has 0 spiro atoms. The fraction of sp³-hybridized carbons (Fsp3) is 0.417. The second-order valence-corrected chi connectivity index (χ2v) is 4.42. The Hall–Kier alpha value is -1.58. The average molecular weight is 222 g/mol. The number of anilines is 1. The number of hydrogen-bond acceptors (Lipinski definition) is 2. The van der Waals surface area contributed by atoms with Gasteiger partial charge in [-0.1, -0.05) is 6.92 Å². The van der Waals surface area contributed by atoms with Gasteiger partial charge in [-0.25, -0.2) is 4.39 Å². The van der Waals surface area contributed by atoms with E-state index < -0.39 is 5.82 Å². The Morgan fingerprint density at radius 1 is 1.62 bits per heavy atom. The van der Waals surface area contributed by atoms with Crippen LogP contribution in [-0.2, 0) is 0 Å². The van der Waals surface area contributed by atoms with Crippen LogP contribution in [0.15, 0.2) is 18.2 Å². The zero-order valence-corrected chi connectivity index (χ0v) is 9.16. The van der Waals surface area contributed by atoms with Crippen molar-refractivity contribution in [1.82, 2.24) is 5.32 Å². The lowest BCUT2D eigenvalue weighted by Crippen LogP contribution is -2.26. The van der Waals surface area contributed by atoms with Gasteiger partial charge in [0.15, 0.2) is 0 Å². The predicted octanol–water partition coefficient (Wildman–Crippen LogP) is 1.79. The molecule has 0 saturated heterocycles. The molecule has 1 aromatic carbocycles. The van der Waals surface area contributed by atoms with Crippen molar-refractivity contribution in [3.63, 3.8) is 0 Å². The van der Waals surface area contributed by atoms with Gasteiger partial charge < -0.3 is 11.1 Å². The van der Waals surface area contributed by atoms with E-state index in [4.69, 9.17) is 5.73 Å². The summed E-state index contributed by atoms with van der Waals surface area (Å²) in [7, 11) is 0. The Morgan fingerprint density at radius 3 is 2.88 bits per heavy atom. The van der Waals surface area contributed by atoms with Crippen molar-refractivity contribution in [2.24, 2.45) is 11.8 Å². The van der Waals surface area contributed by atoms with E-state index in [1.54, 1.807) is 0 Å². The van der Waals surface area contributed by atoms with Gasteiger partial charge in [-0.05, 0) is 36.5 Å². The van der Waals surface area contributed by atoms with Gasteiger partial charge in [0, 0.05) is 12.2 Å². The molecule has 1 saturated carbocycles. The van der Waals surface area contributed by atoms with Crippen LogP contribution in [0.1, 0.15) is 23.7 Å². The van der Waals surface area contributed by atoms with E-state index in [9.17, 15) is 9.18 Å². The maximum atomic E-state index is 13.4. The molecule has 3 N–H and O–H groups in total. The van der Waals surface area contributed by atoms with Crippen LogP contribution in [0.4, 0.5) is 10.1 Å². The Labute approximate surface area is 93.8 Å². The summed E-state index contributed by atoms with van der Waals surface area (Å²) < 4.78 is 13.4. The summed E-state index contributed by atoms with van der Waals surface area (Å²) in [5.74, 6) is 0.301. The topological polar surface area (TPSA) is 55.1 Å². The van der Waals surface area contributed by atoms with Crippen molar-refractivity contribution in [2.45, 2.75) is 13.3 Å². The van der Waals surface area contributed by atoms with Gasteiger partial charge in [-0.3, -0.25) is 4.79 Å². The first-order valence-corrected chi connectivity index (χ1v) is 5.41. The van der Waals surface area contributed by atoms with E-state index in [0.717, 1.165) is 12.5 Å². The molecule has 1 amide bonds. The zero-order chi connectivity index (χ0) is 11.7. The molecule has 0 aliphatic heterocycles. The maximum absolute atomic E-state index is 13.4. The highest BCUT2D eigenvalue weighted by atomic mass is 19.1. The van der Waals surface area contributed by atoms with Crippen LogP contribution in [0.5, 0.6) is 0 Å². The number of carbonyl (C=O) groups is 1. The van der Waals surface area contributed by atoms with Crippen LogP contribution in [0.2, 0.25) is 0 Å². The van der Waals surface area contributed by atoms with E-state index in [-0.39, 0.29) is 11.5 Å². The Morgan fingerprint density at radius 2 is 2.31 bits per heavy atom. The van der Waals surface area contributed by atoms with Crippen molar-refractivity contribution in [2.75, 3.05) is 12.3 Å². The molecule has 0 aromatic heterocycles. The third-order valence-electron chi connectivity index (χ3n) is 3.04. The molecular weight excluding hydrogens is 207 g/mol. The summed E-state index contributed by atoms with van der Waals surface area (Å²) in [6.45, 7) is 2.77. The molecule has 86 valence electrons. The first-order chi connectivity index (χ1) is 7.58. The summed E-state index contributed by atoms with van der Waals surface area (Å²) in [6.07, 6.45) is 1.14. The lowest BCUT2D eigenvalue weighted by atomic mass is 10.2. The van der Waals surface area contributed by atoms with E-state index in [2.05, 4.69) is 12.2 Å². The molecule has 2 unspecified atom stereocenters. The van der Waals surface area contributed by atoms with Crippen LogP contribution in [-0.4, -0.2) is 12.5 Å². The molecule has 0 bridgehead atoms. The minimum atomic E-state index is -0.568. The molecular formula is C12H15FN2O. The molecule has 1 aromatic rings. The highest BCUT2D eigenvalue weighted by Gasteiger charge is 2.32. The van der Waals surface area contributed by atoms with Crippen LogP contribution >= 0.6 is 0 Å². The Balaban J connectivity index is 1.97. The lowest BCUT2D eigenvalue weighted by molar-refractivity contribution is 0.0947. The minimum absolute atomic E-state index is 0.0579. The third-order valence-corrected chi connectivity index (χ3v) is 3.04. The molecule has 4 heteroatoms. The van der Waals surface area contributed by atoms with Crippen molar-refractivity contribution >= 4 is 11.6 Å². The predicted molar refractivity (Wildman–Crippen MR) is 60.4 cm³/mol. The van der Waals surface area contributed by atoms with Gasteiger partial charge in [0.05, 0.1) is 5.56 Å². The molecule has 2 rings (SSSR count). The summed E-state index contributed by atoms with van der Waals surface area (Å²) in [5.41, 5.74) is 5.79. The number of halogens is 1. The van der Waals surface area contributed by atoms with Crippen molar-refractivity contribution in [3.05, 3.63) is 29.6 Å². The van der Waals surface area contributed by atoms with Gasteiger partial charge in [0.25, 0.3) is 5.91 Å². The van der Waals surface area contributed by atoms with Crippen LogP contribution < -0.4 is 11.1 Å². The van der Waals surface area contributed by atoms with E-state index in [0.29, 0.717) is 24.1 Å². The second kappa shape index (κ2) is 4.12. The fourth-order valence-electron chi connectivity index (χ4n) is 1.72.